The summed E-state index contributed by atoms with van der Waals surface area (Å²) in [4.78, 5) is 22.9. The number of rotatable bonds is 4. The predicted molar refractivity (Wildman–Crippen MR) is 86.0 cm³/mol. The lowest BCUT2D eigenvalue weighted by Crippen LogP contribution is -2.28. The van der Waals surface area contributed by atoms with E-state index >= 15 is 0 Å². The highest BCUT2D eigenvalue weighted by Gasteiger charge is 2.23. The third kappa shape index (κ3) is 4.00. The van der Waals surface area contributed by atoms with Crippen molar-refractivity contribution in [3.63, 3.8) is 0 Å². The maximum atomic E-state index is 11.9. The van der Waals surface area contributed by atoms with Crippen LogP contribution in [0.4, 0.5) is 15.3 Å². The Morgan fingerprint density at radius 3 is 2.52 bits per heavy atom. The number of cyclic esters (lactones) is 1. The largest absolute Gasteiger partial charge is 0.439 e. The number of carbonyl (C=O) groups is 2. The highest BCUT2D eigenvalue weighted by atomic mass is 16.6. The van der Waals surface area contributed by atoms with E-state index in [1.807, 2.05) is 42.5 Å². The van der Waals surface area contributed by atoms with Crippen LogP contribution in [-0.2, 0) is 11.3 Å². The van der Waals surface area contributed by atoms with Crippen molar-refractivity contribution >= 4 is 17.8 Å². The first-order chi connectivity index (χ1) is 11.2. The number of carbonyl (C=O) groups excluding carboxylic acids is 2. The maximum Gasteiger partial charge on any atom is 0.407 e. The van der Waals surface area contributed by atoms with E-state index in [0.717, 1.165) is 11.1 Å². The van der Waals surface area contributed by atoms with Gasteiger partial charge < -0.3 is 20.7 Å². The number of urea groups is 1. The number of benzene rings is 2. The van der Waals surface area contributed by atoms with E-state index < -0.39 is 6.09 Å². The summed E-state index contributed by atoms with van der Waals surface area (Å²) >= 11 is 0. The van der Waals surface area contributed by atoms with Crippen LogP contribution in [0.15, 0.2) is 54.6 Å². The third-order valence-corrected chi connectivity index (χ3v) is 3.52. The molecule has 1 aliphatic rings. The van der Waals surface area contributed by atoms with Gasteiger partial charge in [0, 0.05) is 12.2 Å². The van der Waals surface area contributed by atoms with Gasteiger partial charge in [-0.3, -0.25) is 0 Å². The molecule has 0 aliphatic carbocycles. The molecule has 3 rings (SSSR count). The van der Waals surface area contributed by atoms with Gasteiger partial charge in [-0.15, -0.1) is 0 Å². The molecule has 0 saturated carbocycles. The zero-order valence-corrected chi connectivity index (χ0v) is 12.4. The molecular weight excluding hydrogens is 294 g/mol. The minimum atomic E-state index is -0.405. The molecule has 118 valence electrons. The molecule has 1 unspecified atom stereocenters. The summed E-state index contributed by atoms with van der Waals surface area (Å²) in [5, 5.41) is 8.17. The topological polar surface area (TPSA) is 79.5 Å². The van der Waals surface area contributed by atoms with Gasteiger partial charge in [0.05, 0.1) is 6.54 Å². The van der Waals surface area contributed by atoms with Crippen molar-refractivity contribution < 1.29 is 14.3 Å². The van der Waals surface area contributed by atoms with E-state index in [9.17, 15) is 9.59 Å². The standard InChI is InChI=1S/C17H17N3O3/c21-16(18-10-12-4-2-1-3-5-12)20-14-8-6-13(7-9-14)15-11-19-17(22)23-15/h1-9,15H,10-11H2,(H,19,22)(H2,18,20,21). The monoisotopic (exact) mass is 311 g/mol. The Morgan fingerprint density at radius 1 is 1.13 bits per heavy atom. The van der Waals surface area contributed by atoms with Gasteiger partial charge in [-0.05, 0) is 23.3 Å². The second-order valence-corrected chi connectivity index (χ2v) is 5.19. The van der Waals surface area contributed by atoms with Gasteiger partial charge in [-0.1, -0.05) is 42.5 Å². The third-order valence-electron chi connectivity index (χ3n) is 3.52. The quantitative estimate of drug-likeness (QED) is 0.812. The smallest absolute Gasteiger partial charge is 0.407 e. The zero-order valence-electron chi connectivity index (χ0n) is 12.4. The van der Waals surface area contributed by atoms with Crippen molar-refractivity contribution in [3.05, 3.63) is 65.7 Å². The van der Waals surface area contributed by atoms with E-state index in [0.29, 0.717) is 18.8 Å². The molecule has 6 heteroatoms. The van der Waals surface area contributed by atoms with Crippen LogP contribution >= 0.6 is 0 Å². The Bertz CT molecular complexity index is 686. The maximum absolute atomic E-state index is 11.9. The van der Waals surface area contributed by atoms with Crippen LogP contribution in [0.1, 0.15) is 17.2 Å². The molecule has 2 aromatic rings. The Balaban J connectivity index is 1.51. The number of nitrogens with one attached hydrogen (secondary N) is 3. The Morgan fingerprint density at radius 2 is 1.87 bits per heavy atom. The fourth-order valence-corrected chi connectivity index (χ4v) is 2.31. The van der Waals surface area contributed by atoms with Crippen molar-refractivity contribution in [3.8, 4) is 0 Å². The summed E-state index contributed by atoms with van der Waals surface area (Å²) in [6, 6.07) is 16.6. The van der Waals surface area contributed by atoms with Crippen LogP contribution in [0.2, 0.25) is 0 Å². The molecule has 1 heterocycles. The zero-order chi connectivity index (χ0) is 16.1. The van der Waals surface area contributed by atoms with Crippen LogP contribution in [0, 0.1) is 0 Å². The van der Waals surface area contributed by atoms with E-state index in [2.05, 4.69) is 16.0 Å². The SMILES string of the molecule is O=C(NCc1ccccc1)Nc1ccc(C2CNC(=O)O2)cc1. The lowest BCUT2D eigenvalue weighted by molar-refractivity contribution is 0.141. The molecule has 6 nitrogen and oxygen atoms in total. The molecule has 0 spiro atoms. The van der Waals surface area contributed by atoms with Crippen molar-refractivity contribution in [1.82, 2.24) is 10.6 Å². The van der Waals surface area contributed by atoms with Gasteiger partial charge >= 0.3 is 12.1 Å². The summed E-state index contributed by atoms with van der Waals surface area (Å²) < 4.78 is 5.11. The summed E-state index contributed by atoms with van der Waals surface area (Å²) in [6.45, 7) is 0.928. The van der Waals surface area contributed by atoms with Gasteiger partial charge in [0.15, 0.2) is 0 Å². The molecule has 0 bridgehead atoms. The molecule has 1 aliphatic heterocycles. The van der Waals surface area contributed by atoms with Crippen LogP contribution in [0.25, 0.3) is 0 Å². The van der Waals surface area contributed by atoms with Crippen molar-refractivity contribution in [2.45, 2.75) is 12.6 Å². The molecule has 3 N–H and O–H groups in total. The van der Waals surface area contributed by atoms with Crippen molar-refractivity contribution in [1.29, 1.82) is 0 Å². The molecule has 1 saturated heterocycles. The molecular formula is C17H17N3O3. The van der Waals surface area contributed by atoms with Gasteiger partial charge in [-0.2, -0.15) is 0 Å². The number of amides is 3. The molecule has 2 aromatic carbocycles. The normalized spacial score (nSPS) is 16.3. The van der Waals surface area contributed by atoms with Crippen molar-refractivity contribution in [2.75, 3.05) is 11.9 Å². The molecule has 1 fully saturated rings. The minimum Gasteiger partial charge on any atom is -0.439 e. The molecule has 0 radical (unpaired) electrons. The molecule has 3 amide bonds. The molecule has 0 aromatic heterocycles. The second kappa shape index (κ2) is 6.83. The number of hydrogen-bond donors (Lipinski definition) is 3. The fraction of sp³-hybridized carbons (Fsp3) is 0.176. The summed E-state index contributed by atoms with van der Waals surface area (Å²) in [6.07, 6.45) is -0.680. The van der Waals surface area contributed by atoms with Gasteiger partial charge in [0.1, 0.15) is 6.10 Å². The van der Waals surface area contributed by atoms with Gasteiger partial charge in [0.25, 0.3) is 0 Å². The van der Waals surface area contributed by atoms with E-state index in [-0.39, 0.29) is 12.1 Å². The summed E-state index contributed by atoms with van der Waals surface area (Å²) in [5.74, 6) is 0. The number of hydrogen-bond acceptors (Lipinski definition) is 3. The second-order valence-electron chi connectivity index (χ2n) is 5.19. The van der Waals surface area contributed by atoms with Crippen LogP contribution in [0.5, 0.6) is 0 Å². The lowest BCUT2D eigenvalue weighted by atomic mass is 10.1. The van der Waals surface area contributed by atoms with E-state index in [1.165, 1.54) is 0 Å². The number of ether oxygens (including phenoxy) is 1. The Kier molecular flexibility index (Phi) is 4.42. The first kappa shape index (κ1) is 14.9. The van der Waals surface area contributed by atoms with Crippen LogP contribution < -0.4 is 16.0 Å². The average Bonchev–Trinajstić information content (AvgIpc) is 3.01. The van der Waals surface area contributed by atoms with Crippen molar-refractivity contribution in [2.24, 2.45) is 0 Å². The van der Waals surface area contributed by atoms with E-state index in [1.54, 1.807) is 12.1 Å². The summed E-state index contributed by atoms with van der Waals surface area (Å²) in [5.41, 5.74) is 2.60. The number of alkyl carbamates (subject to hydrolysis) is 1. The molecule has 1 atom stereocenters. The predicted octanol–water partition coefficient (Wildman–Crippen LogP) is 2.79. The first-order valence-electron chi connectivity index (χ1n) is 7.34. The number of anilines is 1. The van der Waals surface area contributed by atoms with Crippen LogP contribution in [0.3, 0.4) is 0 Å². The Hall–Kier alpha value is -3.02. The molecule has 23 heavy (non-hydrogen) atoms. The van der Waals surface area contributed by atoms with Gasteiger partial charge in [-0.25, -0.2) is 9.59 Å². The fourth-order valence-electron chi connectivity index (χ4n) is 2.31. The Labute approximate surface area is 133 Å². The minimum absolute atomic E-state index is 0.268. The van der Waals surface area contributed by atoms with Crippen LogP contribution in [-0.4, -0.2) is 18.7 Å². The highest BCUT2D eigenvalue weighted by Crippen LogP contribution is 2.22. The first-order valence-corrected chi connectivity index (χ1v) is 7.34. The van der Waals surface area contributed by atoms with E-state index in [4.69, 9.17) is 4.74 Å². The summed E-state index contributed by atoms with van der Waals surface area (Å²) in [7, 11) is 0. The lowest BCUT2D eigenvalue weighted by Gasteiger charge is -2.10. The highest BCUT2D eigenvalue weighted by molar-refractivity contribution is 5.89. The average molecular weight is 311 g/mol. The van der Waals surface area contributed by atoms with Gasteiger partial charge in [0.2, 0.25) is 0 Å².